The minimum Gasteiger partial charge on any atom is -0.493 e. The summed E-state index contributed by atoms with van der Waals surface area (Å²) in [6.45, 7) is 8.02. The van der Waals surface area contributed by atoms with Crippen molar-refractivity contribution < 1.29 is 23.7 Å². The third-order valence-corrected chi connectivity index (χ3v) is 8.83. The van der Waals surface area contributed by atoms with Crippen molar-refractivity contribution in [2.75, 3.05) is 46.7 Å². The minimum atomic E-state index is -0.379. The van der Waals surface area contributed by atoms with Gasteiger partial charge >= 0.3 is 0 Å². The van der Waals surface area contributed by atoms with E-state index in [0.717, 1.165) is 64.0 Å². The molecule has 5 rings (SSSR count). The molecule has 2 fully saturated rings. The van der Waals surface area contributed by atoms with E-state index in [1.54, 1.807) is 7.11 Å². The van der Waals surface area contributed by atoms with Crippen molar-refractivity contribution >= 4 is 12.1 Å². The molecule has 1 aromatic rings. The predicted octanol–water partition coefficient (Wildman–Crippen LogP) is 4.96. The third-order valence-electron chi connectivity index (χ3n) is 8.83. The van der Waals surface area contributed by atoms with Gasteiger partial charge in [0.25, 0.3) is 0 Å². The van der Waals surface area contributed by atoms with Crippen molar-refractivity contribution in [2.24, 2.45) is 4.99 Å². The van der Waals surface area contributed by atoms with Crippen LogP contribution >= 0.6 is 0 Å². The fraction of sp³-hybridized carbons (Fsp3) is 0.677. The summed E-state index contributed by atoms with van der Waals surface area (Å²) in [5.41, 5.74) is 0.806. The maximum Gasteiger partial charge on any atom is 0.237 e. The summed E-state index contributed by atoms with van der Waals surface area (Å²) in [4.78, 5) is 23.0. The van der Waals surface area contributed by atoms with Gasteiger partial charge in [0.1, 0.15) is 0 Å². The zero-order valence-electron chi connectivity index (χ0n) is 23.9. The molecular weight excluding hydrogens is 494 g/mol. The first-order valence-corrected chi connectivity index (χ1v) is 14.8. The number of allylic oxidation sites excluding steroid dienone is 1. The van der Waals surface area contributed by atoms with Crippen LogP contribution in [0.5, 0.6) is 17.2 Å². The van der Waals surface area contributed by atoms with Crippen LogP contribution in [0, 0.1) is 0 Å². The van der Waals surface area contributed by atoms with E-state index in [4.69, 9.17) is 18.9 Å². The van der Waals surface area contributed by atoms with Gasteiger partial charge in [-0.25, -0.2) is 0 Å². The predicted molar refractivity (Wildman–Crippen MR) is 152 cm³/mol. The molecule has 8 nitrogen and oxygen atoms in total. The van der Waals surface area contributed by atoms with E-state index in [1.807, 2.05) is 12.3 Å². The van der Waals surface area contributed by atoms with Gasteiger partial charge in [0.15, 0.2) is 11.5 Å². The van der Waals surface area contributed by atoms with E-state index >= 15 is 0 Å². The second-order valence-electron chi connectivity index (χ2n) is 11.6. The van der Waals surface area contributed by atoms with Gasteiger partial charge in [-0.3, -0.25) is 14.7 Å². The minimum absolute atomic E-state index is 0.190. The van der Waals surface area contributed by atoms with Crippen molar-refractivity contribution in [1.29, 1.82) is 0 Å². The number of unbranched alkanes of at least 4 members (excludes halogenated alkanes) is 1. The number of hydrogen-bond acceptors (Lipinski definition) is 7. The number of likely N-dealkylation sites (tertiary alicyclic amines) is 1. The molecule has 0 spiro atoms. The first kappa shape index (κ1) is 28.0. The third kappa shape index (κ3) is 6.43. The van der Waals surface area contributed by atoms with Gasteiger partial charge < -0.3 is 23.8 Å². The number of amides is 1. The maximum absolute atomic E-state index is 14.0. The number of carbonyl (C=O) groups is 1. The van der Waals surface area contributed by atoms with Crippen LogP contribution in [0.3, 0.4) is 0 Å². The van der Waals surface area contributed by atoms with Crippen LogP contribution in [0.1, 0.15) is 76.7 Å². The maximum atomic E-state index is 14.0. The molecule has 0 bridgehead atoms. The summed E-state index contributed by atoms with van der Waals surface area (Å²) in [5, 5.41) is 0. The highest BCUT2D eigenvalue weighted by atomic mass is 16.7. The van der Waals surface area contributed by atoms with Gasteiger partial charge in [0.05, 0.1) is 31.8 Å². The molecule has 39 heavy (non-hydrogen) atoms. The Kier molecular flexibility index (Phi) is 9.13. The lowest BCUT2D eigenvalue weighted by molar-refractivity contribution is -0.136. The van der Waals surface area contributed by atoms with Crippen molar-refractivity contribution in [3.63, 3.8) is 0 Å². The summed E-state index contributed by atoms with van der Waals surface area (Å²) in [7, 11) is 1.67. The Morgan fingerprint density at radius 3 is 2.90 bits per heavy atom. The van der Waals surface area contributed by atoms with Crippen LogP contribution in [0.2, 0.25) is 0 Å². The summed E-state index contributed by atoms with van der Waals surface area (Å²) in [6, 6.07) is 4.51. The molecule has 4 aliphatic rings. The molecule has 0 aliphatic carbocycles. The number of methoxy groups -OCH3 is 1. The molecule has 2 unspecified atom stereocenters. The Morgan fingerprint density at radius 1 is 1.26 bits per heavy atom. The highest BCUT2D eigenvalue weighted by Gasteiger charge is 2.39. The summed E-state index contributed by atoms with van der Waals surface area (Å²) >= 11 is 0. The molecule has 1 aromatic carbocycles. The highest BCUT2D eigenvalue weighted by molar-refractivity contribution is 5.81. The second-order valence-corrected chi connectivity index (χ2v) is 11.6. The van der Waals surface area contributed by atoms with Gasteiger partial charge in [-0.15, -0.1) is 0 Å². The van der Waals surface area contributed by atoms with Gasteiger partial charge in [-0.1, -0.05) is 19.4 Å². The fourth-order valence-corrected chi connectivity index (χ4v) is 6.54. The van der Waals surface area contributed by atoms with E-state index in [2.05, 4.69) is 46.8 Å². The smallest absolute Gasteiger partial charge is 0.237 e. The summed E-state index contributed by atoms with van der Waals surface area (Å²) in [5.74, 6) is 2.62. The van der Waals surface area contributed by atoms with Gasteiger partial charge in [0.2, 0.25) is 18.4 Å². The fourth-order valence-electron chi connectivity index (χ4n) is 6.54. The molecule has 8 heteroatoms. The Morgan fingerprint density at radius 2 is 2.15 bits per heavy atom. The van der Waals surface area contributed by atoms with E-state index in [-0.39, 0.29) is 24.2 Å². The Hall–Kier alpha value is -2.58. The standard InChI is InChI=1S/C31H45N3O5/c1-4-5-14-34(31(2)12-8-13-32-21-31)29(35)20-33-19-24(16-25(33)10-11-26-9-6-7-15-37-26)23-17-27(36-3)30-28(18-23)38-22-39-30/h8,12-13,17-18,24-26H,4-7,9-11,14-16,19-22H2,1-3H3/t24-,25+,26?,31?/m1/s1. The van der Waals surface area contributed by atoms with Gasteiger partial charge in [-0.2, -0.15) is 0 Å². The molecule has 1 amide bonds. The van der Waals surface area contributed by atoms with Crippen LogP contribution in [-0.4, -0.2) is 86.3 Å². The first-order chi connectivity index (χ1) is 19.0. The van der Waals surface area contributed by atoms with E-state index in [0.29, 0.717) is 36.7 Å². The zero-order chi connectivity index (χ0) is 27.2. The molecule has 4 heterocycles. The number of hydrogen-bond donors (Lipinski definition) is 0. The average Bonchev–Trinajstić information content (AvgIpc) is 3.59. The Bertz CT molecular complexity index is 1050. The molecular formula is C31H45N3O5. The zero-order valence-corrected chi connectivity index (χ0v) is 23.9. The second kappa shape index (κ2) is 12.7. The molecule has 0 radical (unpaired) electrons. The number of aliphatic imine (C=N–C) groups is 1. The monoisotopic (exact) mass is 539 g/mol. The largest absolute Gasteiger partial charge is 0.493 e. The van der Waals surface area contributed by atoms with Crippen LogP contribution in [0.15, 0.2) is 29.3 Å². The molecule has 4 aliphatic heterocycles. The highest BCUT2D eigenvalue weighted by Crippen LogP contribution is 2.45. The average molecular weight is 540 g/mol. The molecule has 214 valence electrons. The lowest BCUT2D eigenvalue weighted by atomic mass is 9.93. The van der Waals surface area contributed by atoms with Crippen LogP contribution < -0.4 is 14.2 Å². The molecule has 4 atom stereocenters. The number of rotatable bonds is 11. The van der Waals surface area contributed by atoms with Crippen LogP contribution in [0.4, 0.5) is 0 Å². The van der Waals surface area contributed by atoms with E-state index in [9.17, 15) is 4.79 Å². The number of ether oxygens (including phenoxy) is 4. The quantitative estimate of drug-likeness (QED) is 0.396. The number of dihydropyridines is 1. The lowest BCUT2D eigenvalue weighted by Gasteiger charge is -2.40. The van der Waals surface area contributed by atoms with Crippen molar-refractivity contribution in [3.8, 4) is 17.2 Å². The molecule has 0 aromatic heterocycles. The summed E-state index contributed by atoms with van der Waals surface area (Å²) in [6.07, 6.45) is 15.0. The number of nitrogens with zero attached hydrogens (tertiary/aromatic N) is 3. The lowest BCUT2D eigenvalue weighted by Crippen LogP contribution is -2.54. The first-order valence-electron chi connectivity index (χ1n) is 14.8. The van der Waals surface area contributed by atoms with E-state index < -0.39 is 0 Å². The Balaban J connectivity index is 1.34. The van der Waals surface area contributed by atoms with Crippen molar-refractivity contribution in [3.05, 3.63) is 29.8 Å². The SMILES string of the molecule is CCCCN(C(=O)CN1C[C@H](c2cc(OC)c3c(c2)OCO3)C[C@@H]1CCC1CCCCO1)C1(C)C=CC=NC1. The van der Waals surface area contributed by atoms with E-state index in [1.165, 1.54) is 18.4 Å². The number of fused-ring (bicyclic) bond motifs is 1. The van der Waals surface area contributed by atoms with Gasteiger partial charge in [-0.05, 0) is 81.6 Å². The Labute approximate surface area is 233 Å². The van der Waals surface area contributed by atoms with Crippen molar-refractivity contribution in [2.45, 2.75) is 88.8 Å². The molecule has 2 saturated heterocycles. The van der Waals surface area contributed by atoms with Crippen LogP contribution in [-0.2, 0) is 9.53 Å². The summed E-state index contributed by atoms with van der Waals surface area (Å²) < 4.78 is 23.0. The molecule has 0 saturated carbocycles. The number of benzene rings is 1. The number of carbonyl (C=O) groups excluding carboxylic acids is 1. The normalized spacial score (nSPS) is 28.1. The topological polar surface area (TPSA) is 72.8 Å². The molecule has 0 N–H and O–H groups in total. The van der Waals surface area contributed by atoms with Gasteiger partial charge in [0, 0.05) is 32.0 Å². The van der Waals surface area contributed by atoms with Crippen LogP contribution in [0.25, 0.3) is 0 Å². The van der Waals surface area contributed by atoms with Crippen molar-refractivity contribution in [1.82, 2.24) is 9.80 Å².